The zero-order valence-corrected chi connectivity index (χ0v) is 20.7. The molecule has 0 spiro atoms. The van der Waals surface area contributed by atoms with E-state index in [1.165, 1.54) is 25.0 Å². The summed E-state index contributed by atoms with van der Waals surface area (Å²) in [7, 11) is 3.91. The summed E-state index contributed by atoms with van der Waals surface area (Å²) in [6.45, 7) is 5.31. The first-order valence-electron chi connectivity index (χ1n) is 11.8. The van der Waals surface area contributed by atoms with Crippen LogP contribution in [0.3, 0.4) is 0 Å². The summed E-state index contributed by atoms with van der Waals surface area (Å²) in [4.78, 5) is 17.9. The van der Waals surface area contributed by atoms with Crippen LogP contribution in [-0.2, 0) is 13.1 Å². The largest absolute Gasteiger partial charge is 0.302 e. The highest BCUT2D eigenvalue weighted by molar-refractivity contribution is 6.35. The summed E-state index contributed by atoms with van der Waals surface area (Å²) >= 11 is 6.57. The minimum absolute atomic E-state index is 0.0121. The van der Waals surface area contributed by atoms with Crippen LogP contribution in [-0.4, -0.2) is 57.5 Å². The monoisotopic (exact) mass is 483 g/mol. The number of hydrogen-bond acceptors (Lipinski definition) is 5. The van der Waals surface area contributed by atoms with Gasteiger partial charge in [-0.2, -0.15) is 0 Å². The first kappa shape index (κ1) is 24.5. The zero-order chi connectivity index (χ0) is 24.2. The fourth-order valence-corrected chi connectivity index (χ4v) is 4.50. The number of carbonyl (C=O) groups is 1. The smallest absolute Gasteiger partial charge is 0.199 e. The van der Waals surface area contributed by atoms with Crippen molar-refractivity contribution in [2.24, 2.45) is 5.92 Å². The molecule has 0 unspecified atom stereocenters. The normalized spacial score (nSPS) is 13.7. The summed E-state index contributed by atoms with van der Waals surface area (Å²) in [5, 5.41) is 9.28. The average Bonchev–Trinajstić information content (AvgIpc) is 3.53. The van der Waals surface area contributed by atoms with Gasteiger partial charge in [-0.1, -0.05) is 36.7 Å². The Morgan fingerprint density at radius 3 is 2.44 bits per heavy atom. The Balaban J connectivity index is 1.81. The highest BCUT2D eigenvalue weighted by atomic mass is 35.5. The van der Waals surface area contributed by atoms with Gasteiger partial charge in [0.15, 0.2) is 17.4 Å². The van der Waals surface area contributed by atoms with Crippen molar-refractivity contribution in [3.63, 3.8) is 0 Å². The van der Waals surface area contributed by atoms with Gasteiger partial charge in [-0.05, 0) is 70.1 Å². The predicted octanol–water partition coefficient (Wildman–Crippen LogP) is 4.97. The van der Waals surface area contributed by atoms with Crippen LogP contribution in [0.15, 0.2) is 42.5 Å². The van der Waals surface area contributed by atoms with Crippen LogP contribution in [0.1, 0.15) is 53.8 Å². The van der Waals surface area contributed by atoms with E-state index in [9.17, 15) is 9.18 Å². The van der Waals surface area contributed by atoms with Crippen LogP contribution in [0.4, 0.5) is 4.39 Å². The fraction of sp³-hybridized carbons (Fsp3) is 0.423. The topological polar surface area (TPSA) is 54.3 Å². The summed E-state index contributed by atoms with van der Waals surface area (Å²) < 4.78 is 16.5. The maximum atomic E-state index is 14.5. The lowest BCUT2D eigenvalue weighted by Crippen LogP contribution is -2.28. The van der Waals surface area contributed by atoms with Crippen molar-refractivity contribution in [1.82, 2.24) is 24.6 Å². The molecule has 0 bridgehead atoms. The van der Waals surface area contributed by atoms with Crippen LogP contribution in [0.25, 0.3) is 5.69 Å². The quantitative estimate of drug-likeness (QED) is 0.360. The summed E-state index contributed by atoms with van der Waals surface area (Å²) in [6, 6.07) is 11.3. The highest BCUT2D eigenvalue weighted by Gasteiger charge is 2.28. The highest BCUT2D eigenvalue weighted by Crippen LogP contribution is 2.32. The van der Waals surface area contributed by atoms with Gasteiger partial charge in [0.2, 0.25) is 0 Å². The van der Waals surface area contributed by atoms with Crippen molar-refractivity contribution in [1.29, 1.82) is 0 Å². The minimum atomic E-state index is -0.575. The number of benzene rings is 2. The fourth-order valence-electron chi connectivity index (χ4n) is 4.24. The molecule has 0 amide bonds. The third-order valence-electron chi connectivity index (χ3n) is 5.95. The molecule has 1 aliphatic carbocycles. The van der Waals surface area contributed by atoms with Crippen molar-refractivity contribution < 1.29 is 9.18 Å². The van der Waals surface area contributed by atoms with Gasteiger partial charge in [0, 0.05) is 6.54 Å². The van der Waals surface area contributed by atoms with E-state index in [1.807, 2.05) is 29.6 Å². The van der Waals surface area contributed by atoms with Crippen LogP contribution >= 0.6 is 11.6 Å². The molecule has 2 aromatic carbocycles. The number of hydrogen-bond donors (Lipinski definition) is 0. The van der Waals surface area contributed by atoms with Crippen molar-refractivity contribution in [2.75, 3.05) is 27.2 Å². The molecule has 180 valence electrons. The minimum Gasteiger partial charge on any atom is -0.302 e. The van der Waals surface area contributed by atoms with Gasteiger partial charge in [-0.15, -0.1) is 10.2 Å². The SMILES string of the molecule is CCCN(Cc1nnc(CN(C)C)n1-c1cccc(Cl)c1C(=O)c1ccccc1F)CC1CC1. The molecule has 0 saturated heterocycles. The standard InChI is InChI=1S/C26H31ClFN5O/c1-4-14-32(15-18-12-13-18)17-24-30-29-23(16-31(2)3)33(24)22-11-7-9-20(27)25(22)26(34)19-8-5-6-10-21(19)28/h5-11,18H,4,12-17H2,1-3H3. The molecule has 6 nitrogen and oxygen atoms in total. The summed E-state index contributed by atoms with van der Waals surface area (Å²) in [5.74, 6) is 1.16. The molecular weight excluding hydrogens is 453 g/mol. The Morgan fingerprint density at radius 2 is 1.79 bits per heavy atom. The molecule has 0 atom stereocenters. The molecule has 1 saturated carbocycles. The third kappa shape index (κ3) is 5.54. The lowest BCUT2D eigenvalue weighted by atomic mass is 10.0. The van der Waals surface area contributed by atoms with E-state index < -0.39 is 11.6 Å². The molecule has 4 rings (SSSR count). The van der Waals surface area contributed by atoms with Gasteiger partial charge in [-0.25, -0.2) is 4.39 Å². The molecular formula is C26H31ClFN5O. The first-order valence-corrected chi connectivity index (χ1v) is 12.1. The molecule has 3 aromatic rings. The molecule has 1 fully saturated rings. The molecule has 1 aliphatic rings. The number of nitrogens with zero attached hydrogens (tertiary/aromatic N) is 5. The van der Waals surface area contributed by atoms with Crippen LogP contribution in [0, 0.1) is 11.7 Å². The van der Waals surface area contributed by atoms with Gasteiger partial charge in [0.05, 0.1) is 34.9 Å². The van der Waals surface area contributed by atoms with Crippen LogP contribution < -0.4 is 0 Å². The molecule has 0 radical (unpaired) electrons. The second kappa shape index (κ2) is 10.8. The maximum absolute atomic E-state index is 14.5. The Kier molecular flexibility index (Phi) is 7.76. The molecule has 8 heteroatoms. The van der Waals surface area contributed by atoms with E-state index >= 15 is 0 Å². The van der Waals surface area contributed by atoms with E-state index in [0.29, 0.717) is 24.6 Å². The van der Waals surface area contributed by atoms with E-state index in [4.69, 9.17) is 11.6 Å². The van der Waals surface area contributed by atoms with Crippen molar-refractivity contribution in [3.05, 3.63) is 76.1 Å². The van der Waals surface area contributed by atoms with Crippen molar-refractivity contribution >= 4 is 17.4 Å². The van der Waals surface area contributed by atoms with Gasteiger partial charge < -0.3 is 4.90 Å². The molecule has 1 aromatic heterocycles. The first-order chi connectivity index (χ1) is 16.4. The predicted molar refractivity (Wildman–Crippen MR) is 132 cm³/mol. The molecule has 0 N–H and O–H groups in total. The Bertz CT molecular complexity index is 1160. The molecule has 0 aliphatic heterocycles. The van der Waals surface area contributed by atoms with Crippen molar-refractivity contribution in [2.45, 2.75) is 39.3 Å². The van der Waals surface area contributed by atoms with Gasteiger partial charge in [-0.3, -0.25) is 14.3 Å². The Hall–Kier alpha value is -2.61. The number of aromatic nitrogens is 3. The average molecular weight is 484 g/mol. The maximum Gasteiger partial charge on any atom is 0.199 e. The Morgan fingerprint density at radius 1 is 1.09 bits per heavy atom. The number of rotatable bonds is 11. The van der Waals surface area contributed by atoms with Gasteiger partial charge in [0.25, 0.3) is 0 Å². The van der Waals surface area contributed by atoms with E-state index in [1.54, 1.807) is 24.3 Å². The van der Waals surface area contributed by atoms with Gasteiger partial charge in [0.1, 0.15) is 5.82 Å². The van der Waals surface area contributed by atoms with Crippen LogP contribution in [0.2, 0.25) is 5.02 Å². The Labute approximate surface area is 205 Å². The zero-order valence-electron chi connectivity index (χ0n) is 20.0. The van der Waals surface area contributed by atoms with Crippen molar-refractivity contribution in [3.8, 4) is 5.69 Å². The van der Waals surface area contributed by atoms with E-state index in [2.05, 4.69) is 22.0 Å². The summed E-state index contributed by atoms with van der Waals surface area (Å²) in [6.07, 6.45) is 3.59. The van der Waals surface area contributed by atoms with E-state index in [-0.39, 0.29) is 16.1 Å². The lowest BCUT2D eigenvalue weighted by Gasteiger charge is -2.23. The summed E-state index contributed by atoms with van der Waals surface area (Å²) in [5.41, 5.74) is 0.807. The third-order valence-corrected chi connectivity index (χ3v) is 6.27. The number of carbonyl (C=O) groups excluding carboxylic acids is 1. The number of halogens is 2. The number of ketones is 1. The molecule has 1 heterocycles. The second-order valence-corrected chi connectivity index (χ2v) is 9.63. The molecule has 34 heavy (non-hydrogen) atoms. The van der Waals surface area contributed by atoms with E-state index in [0.717, 1.165) is 31.3 Å². The second-order valence-electron chi connectivity index (χ2n) is 9.23. The van der Waals surface area contributed by atoms with Crippen LogP contribution in [0.5, 0.6) is 0 Å². The van der Waals surface area contributed by atoms with Gasteiger partial charge >= 0.3 is 0 Å². The lowest BCUT2D eigenvalue weighted by molar-refractivity contribution is 0.103.